The standard InChI is InChI=1S/C14H24N2O3/c1-3-10-16-13(17)11-6-4-8-12(9-5-7-11)19-14(18)15-2/h4,8,11-12H,3,5-7,9-10H2,1-2H3,(H,15,18)(H,16,17)/b8-4+. The molecule has 1 rings (SSSR count). The number of alkyl carbamates (subject to hydrolysis) is 1. The fraction of sp³-hybridized carbons (Fsp3) is 0.714. The highest BCUT2D eigenvalue weighted by molar-refractivity contribution is 5.78. The molecule has 1 aliphatic rings. The van der Waals surface area contributed by atoms with Crippen molar-refractivity contribution >= 4 is 12.0 Å². The lowest BCUT2D eigenvalue weighted by atomic mass is 9.93. The molecule has 0 bridgehead atoms. The van der Waals surface area contributed by atoms with Crippen LogP contribution in [0.5, 0.6) is 0 Å². The first kappa shape index (κ1) is 15.5. The van der Waals surface area contributed by atoms with Crippen LogP contribution in [0.25, 0.3) is 0 Å². The summed E-state index contributed by atoms with van der Waals surface area (Å²) >= 11 is 0. The van der Waals surface area contributed by atoms with Crippen molar-refractivity contribution in [1.29, 1.82) is 0 Å². The number of ether oxygens (including phenoxy) is 1. The molecule has 1 aliphatic carbocycles. The monoisotopic (exact) mass is 268 g/mol. The fourth-order valence-electron chi connectivity index (χ4n) is 2.10. The molecule has 0 radical (unpaired) electrons. The van der Waals surface area contributed by atoms with Crippen molar-refractivity contribution in [3.8, 4) is 0 Å². The van der Waals surface area contributed by atoms with Crippen LogP contribution in [0.15, 0.2) is 12.2 Å². The number of hydrogen-bond acceptors (Lipinski definition) is 3. The van der Waals surface area contributed by atoms with Crippen molar-refractivity contribution in [3.05, 3.63) is 12.2 Å². The third-order valence-corrected chi connectivity index (χ3v) is 3.20. The summed E-state index contributed by atoms with van der Waals surface area (Å²) in [5.41, 5.74) is 0. The smallest absolute Gasteiger partial charge is 0.407 e. The first-order valence-electron chi connectivity index (χ1n) is 7.00. The lowest BCUT2D eigenvalue weighted by Crippen LogP contribution is -2.32. The molecule has 108 valence electrons. The van der Waals surface area contributed by atoms with Crippen molar-refractivity contribution in [2.24, 2.45) is 5.92 Å². The molecule has 2 N–H and O–H groups in total. The summed E-state index contributed by atoms with van der Waals surface area (Å²) in [5, 5.41) is 5.37. The second-order valence-electron chi connectivity index (χ2n) is 4.78. The fourth-order valence-corrected chi connectivity index (χ4v) is 2.10. The number of allylic oxidation sites excluding steroid dienone is 1. The average molecular weight is 268 g/mol. The van der Waals surface area contributed by atoms with Gasteiger partial charge in [-0.2, -0.15) is 0 Å². The summed E-state index contributed by atoms with van der Waals surface area (Å²) in [4.78, 5) is 23.0. The Labute approximate surface area is 114 Å². The van der Waals surface area contributed by atoms with Gasteiger partial charge < -0.3 is 15.4 Å². The van der Waals surface area contributed by atoms with Gasteiger partial charge in [0.25, 0.3) is 0 Å². The summed E-state index contributed by atoms with van der Waals surface area (Å²) in [6.07, 6.45) is 7.40. The van der Waals surface area contributed by atoms with Crippen molar-refractivity contribution in [3.63, 3.8) is 0 Å². The molecule has 0 saturated carbocycles. The number of rotatable bonds is 4. The summed E-state index contributed by atoms with van der Waals surface area (Å²) in [6.45, 7) is 2.78. The predicted molar refractivity (Wildman–Crippen MR) is 73.7 cm³/mol. The van der Waals surface area contributed by atoms with E-state index in [1.165, 1.54) is 0 Å². The lowest BCUT2D eigenvalue weighted by Gasteiger charge is -2.20. The van der Waals surface area contributed by atoms with Gasteiger partial charge in [0.05, 0.1) is 0 Å². The van der Waals surface area contributed by atoms with E-state index in [2.05, 4.69) is 10.6 Å². The van der Waals surface area contributed by atoms with E-state index in [0.29, 0.717) is 6.42 Å². The Hall–Kier alpha value is -1.52. The predicted octanol–water partition coefficient (Wildman–Crippen LogP) is 1.98. The molecule has 0 saturated heterocycles. The quantitative estimate of drug-likeness (QED) is 0.766. The first-order valence-corrected chi connectivity index (χ1v) is 7.00. The minimum atomic E-state index is -0.410. The number of hydrogen-bond donors (Lipinski definition) is 2. The Kier molecular flexibility index (Phi) is 7.00. The largest absolute Gasteiger partial charge is 0.442 e. The molecule has 0 heterocycles. The minimum Gasteiger partial charge on any atom is -0.442 e. The van der Waals surface area contributed by atoms with E-state index >= 15 is 0 Å². The zero-order valence-electron chi connectivity index (χ0n) is 11.8. The van der Waals surface area contributed by atoms with Crippen molar-refractivity contribution in [2.45, 2.75) is 45.1 Å². The van der Waals surface area contributed by atoms with Crippen LogP contribution in [0.4, 0.5) is 4.79 Å². The first-order chi connectivity index (χ1) is 9.17. The van der Waals surface area contributed by atoms with E-state index in [1.54, 1.807) is 7.05 Å². The van der Waals surface area contributed by atoms with Gasteiger partial charge >= 0.3 is 6.09 Å². The molecule has 0 aromatic carbocycles. The maximum Gasteiger partial charge on any atom is 0.407 e. The van der Waals surface area contributed by atoms with Gasteiger partial charge in [-0.05, 0) is 38.2 Å². The number of amides is 2. The van der Waals surface area contributed by atoms with E-state index in [1.807, 2.05) is 19.1 Å². The minimum absolute atomic E-state index is 0.0451. The summed E-state index contributed by atoms with van der Waals surface area (Å²) < 4.78 is 5.20. The molecule has 0 spiro atoms. The van der Waals surface area contributed by atoms with Gasteiger partial charge in [0.2, 0.25) is 5.91 Å². The Balaban J connectivity index is 2.44. The van der Waals surface area contributed by atoms with Gasteiger partial charge in [-0.25, -0.2) is 4.79 Å². The maximum absolute atomic E-state index is 11.9. The van der Waals surface area contributed by atoms with E-state index in [-0.39, 0.29) is 17.9 Å². The molecule has 5 nitrogen and oxygen atoms in total. The summed E-state index contributed by atoms with van der Waals surface area (Å²) in [6, 6.07) is 0. The molecule has 0 fully saturated rings. The SMILES string of the molecule is CCCNC(=O)C1C/C=C/C(OC(=O)NC)CCC1. The second kappa shape index (κ2) is 8.56. The molecule has 2 unspecified atom stereocenters. The Morgan fingerprint density at radius 2 is 2.16 bits per heavy atom. The molecular weight excluding hydrogens is 244 g/mol. The van der Waals surface area contributed by atoms with Crippen LogP contribution >= 0.6 is 0 Å². The summed E-state index contributed by atoms with van der Waals surface area (Å²) in [5.74, 6) is 0.181. The van der Waals surface area contributed by atoms with Gasteiger partial charge in [-0.3, -0.25) is 4.79 Å². The van der Waals surface area contributed by atoms with Crippen LogP contribution in [0.3, 0.4) is 0 Å². The van der Waals surface area contributed by atoms with Gasteiger partial charge in [0, 0.05) is 19.5 Å². The van der Waals surface area contributed by atoms with E-state index in [9.17, 15) is 9.59 Å². The number of carbonyl (C=O) groups is 2. The molecular formula is C14H24N2O3. The summed E-state index contributed by atoms with van der Waals surface area (Å²) in [7, 11) is 1.54. The number of carbonyl (C=O) groups excluding carboxylic acids is 2. The highest BCUT2D eigenvalue weighted by Crippen LogP contribution is 2.20. The number of nitrogens with one attached hydrogen (secondary N) is 2. The molecule has 0 aromatic rings. The molecule has 0 aliphatic heterocycles. The highest BCUT2D eigenvalue weighted by Gasteiger charge is 2.20. The van der Waals surface area contributed by atoms with E-state index < -0.39 is 6.09 Å². The van der Waals surface area contributed by atoms with Crippen molar-refractivity contribution in [1.82, 2.24) is 10.6 Å². The zero-order chi connectivity index (χ0) is 14.1. The third-order valence-electron chi connectivity index (χ3n) is 3.20. The highest BCUT2D eigenvalue weighted by atomic mass is 16.6. The van der Waals surface area contributed by atoms with Crippen LogP contribution in [-0.4, -0.2) is 31.7 Å². The third kappa shape index (κ3) is 5.77. The van der Waals surface area contributed by atoms with E-state index in [4.69, 9.17) is 4.74 Å². The Morgan fingerprint density at radius 3 is 2.84 bits per heavy atom. The van der Waals surface area contributed by atoms with Crippen molar-refractivity contribution in [2.75, 3.05) is 13.6 Å². The molecule has 2 amide bonds. The maximum atomic E-state index is 11.9. The van der Waals surface area contributed by atoms with E-state index in [0.717, 1.165) is 32.2 Å². The zero-order valence-corrected chi connectivity index (χ0v) is 11.8. The van der Waals surface area contributed by atoms with Gasteiger partial charge in [-0.1, -0.05) is 13.0 Å². The second-order valence-corrected chi connectivity index (χ2v) is 4.78. The normalized spacial score (nSPS) is 24.7. The van der Waals surface area contributed by atoms with Crippen LogP contribution in [0.2, 0.25) is 0 Å². The van der Waals surface area contributed by atoms with Crippen LogP contribution in [0.1, 0.15) is 39.0 Å². The van der Waals surface area contributed by atoms with Crippen LogP contribution < -0.4 is 10.6 Å². The van der Waals surface area contributed by atoms with Crippen LogP contribution in [0, 0.1) is 5.92 Å². The molecule has 2 atom stereocenters. The van der Waals surface area contributed by atoms with Crippen LogP contribution in [-0.2, 0) is 9.53 Å². The van der Waals surface area contributed by atoms with Gasteiger partial charge in [0.1, 0.15) is 6.10 Å². The topological polar surface area (TPSA) is 67.4 Å². The molecule has 5 heteroatoms. The Bertz CT molecular complexity index is 329. The lowest BCUT2D eigenvalue weighted by molar-refractivity contribution is -0.125. The molecule has 0 aromatic heterocycles. The Morgan fingerprint density at radius 1 is 1.37 bits per heavy atom. The van der Waals surface area contributed by atoms with Gasteiger partial charge in [0.15, 0.2) is 0 Å². The molecule has 19 heavy (non-hydrogen) atoms. The van der Waals surface area contributed by atoms with Crippen molar-refractivity contribution < 1.29 is 14.3 Å². The van der Waals surface area contributed by atoms with Gasteiger partial charge in [-0.15, -0.1) is 0 Å². The average Bonchev–Trinajstić information content (AvgIpc) is 2.38.